The fourth-order valence-electron chi connectivity index (χ4n) is 3.22. The van der Waals surface area contributed by atoms with Gasteiger partial charge in [0.2, 0.25) is 0 Å². The molecule has 0 bridgehead atoms. The molecule has 1 atom stereocenters. The molecule has 0 aromatic carbocycles. The highest BCUT2D eigenvalue weighted by Crippen LogP contribution is 2.10. The summed E-state index contributed by atoms with van der Waals surface area (Å²) in [5.41, 5.74) is 5.80. The number of hydrogen-bond donors (Lipinski definition) is 1. The largest absolute Gasteiger partial charge is 0.379 e. The maximum Gasteiger partial charge on any atom is 0.0930 e. The van der Waals surface area contributed by atoms with Crippen LogP contribution in [0.3, 0.4) is 0 Å². The van der Waals surface area contributed by atoms with Crippen molar-refractivity contribution in [1.29, 1.82) is 0 Å². The molecule has 0 rings (SSSR count). The van der Waals surface area contributed by atoms with Gasteiger partial charge in [0.1, 0.15) is 0 Å². The fourth-order valence-corrected chi connectivity index (χ4v) is 3.22. The van der Waals surface area contributed by atoms with Crippen LogP contribution >= 0.6 is 0 Å². The minimum absolute atomic E-state index is 0.0774. The van der Waals surface area contributed by atoms with Gasteiger partial charge in [-0.2, -0.15) is 0 Å². The molecular formula is C23H49NO2. The van der Waals surface area contributed by atoms with Crippen LogP contribution in [-0.2, 0) is 9.47 Å². The second-order valence-electron chi connectivity index (χ2n) is 7.75. The van der Waals surface area contributed by atoms with Gasteiger partial charge < -0.3 is 15.2 Å². The highest BCUT2D eigenvalue weighted by atomic mass is 16.5. The Bertz CT molecular complexity index is 248. The molecule has 3 nitrogen and oxygen atoms in total. The van der Waals surface area contributed by atoms with Gasteiger partial charge in [-0.3, -0.25) is 0 Å². The molecule has 0 aliphatic heterocycles. The van der Waals surface area contributed by atoms with Gasteiger partial charge in [-0.05, 0) is 12.8 Å². The van der Waals surface area contributed by atoms with Crippen molar-refractivity contribution in [1.82, 2.24) is 0 Å². The van der Waals surface area contributed by atoms with E-state index in [0.717, 1.165) is 19.6 Å². The molecule has 158 valence electrons. The maximum atomic E-state index is 5.87. The molecule has 0 heterocycles. The topological polar surface area (TPSA) is 44.5 Å². The summed E-state index contributed by atoms with van der Waals surface area (Å²) in [5.74, 6) is 0. The number of ether oxygens (including phenoxy) is 2. The van der Waals surface area contributed by atoms with Crippen molar-refractivity contribution < 1.29 is 9.47 Å². The minimum atomic E-state index is 0.0774. The normalized spacial score (nSPS) is 12.6. The average molecular weight is 372 g/mol. The Labute approximate surface area is 164 Å². The lowest BCUT2D eigenvalue weighted by Gasteiger charge is -2.16. The second kappa shape index (κ2) is 22.9. The summed E-state index contributed by atoms with van der Waals surface area (Å²) >= 11 is 0. The molecule has 0 fully saturated rings. The first-order valence-electron chi connectivity index (χ1n) is 11.7. The van der Waals surface area contributed by atoms with Gasteiger partial charge in [0, 0.05) is 19.8 Å². The molecule has 26 heavy (non-hydrogen) atoms. The van der Waals surface area contributed by atoms with E-state index in [1.54, 1.807) is 0 Å². The SMILES string of the molecule is CCCCCCCCCCOCC(CN)OCCCCCCCCCC. The Morgan fingerprint density at radius 1 is 0.577 bits per heavy atom. The quantitative estimate of drug-likeness (QED) is 0.217. The lowest BCUT2D eigenvalue weighted by atomic mass is 10.1. The first-order valence-corrected chi connectivity index (χ1v) is 11.7. The molecule has 0 saturated carbocycles. The maximum absolute atomic E-state index is 5.87. The first-order chi connectivity index (χ1) is 12.8. The first kappa shape index (κ1) is 25.9. The Morgan fingerprint density at radius 2 is 1.00 bits per heavy atom. The van der Waals surface area contributed by atoms with Gasteiger partial charge in [0.15, 0.2) is 0 Å². The standard InChI is InChI=1S/C23H49NO2/c1-3-5-7-9-11-13-15-17-19-25-22-23(21-24)26-20-18-16-14-12-10-8-6-4-2/h23H,3-22,24H2,1-2H3. The summed E-state index contributed by atoms with van der Waals surface area (Å²) in [6.45, 7) is 7.44. The lowest BCUT2D eigenvalue weighted by Crippen LogP contribution is -2.29. The number of unbranched alkanes of at least 4 members (excludes halogenated alkanes) is 14. The molecule has 0 spiro atoms. The zero-order valence-electron chi connectivity index (χ0n) is 18.1. The van der Waals surface area contributed by atoms with Gasteiger partial charge in [-0.1, -0.05) is 104 Å². The number of hydrogen-bond acceptors (Lipinski definition) is 3. The monoisotopic (exact) mass is 371 g/mol. The van der Waals surface area contributed by atoms with Crippen molar-refractivity contribution in [3.05, 3.63) is 0 Å². The minimum Gasteiger partial charge on any atom is -0.379 e. The van der Waals surface area contributed by atoms with E-state index in [1.165, 1.54) is 96.3 Å². The summed E-state index contributed by atoms with van der Waals surface area (Å²) in [4.78, 5) is 0. The molecule has 0 aromatic rings. The Balaban J connectivity index is 3.28. The third kappa shape index (κ3) is 20.2. The van der Waals surface area contributed by atoms with Crippen molar-refractivity contribution in [2.24, 2.45) is 5.73 Å². The molecule has 0 amide bonds. The van der Waals surface area contributed by atoms with Crippen molar-refractivity contribution in [3.8, 4) is 0 Å². The van der Waals surface area contributed by atoms with Crippen LogP contribution in [0, 0.1) is 0 Å². The summed E-state index contributed by atoms with van der Waals surface area (Å²) in [5, 5.41) is 0. The number of nitrogens with two attached hydrogens (primary N) is 1. The van der Waals surface area contributed by atoms with Gasteiger partial charge in [-0.15, -0.1) is 0 Å². The molecule has 0 aliphatic rings. The molecule has 2 N–H and O–H groups in total. The van der Waals surface area contributed by atoms with E-state index in [4.69, 9.17) is 15.2 Å². The fraction of sp³-hybridized carbons (Fsp3) is 1.00. The highest BCUT2D eigenvalue weighted by molar-refractivity contribution is 4.57. The molecule has 0 aromatic heterocycles. The van der Waals surface area contributed by atoms with E-state index < -0.39 is 0 Å². The summed E-state index contributed by atoms with van der Waals surface area (Å²) in [7, 11) is 0. The van der Waals surface area contributed by atoms with E-state index in [2.05, 4.69) is 13.8 Å². The Kier molecular flexibility index (Phi) is 22.8. The Hall–Kier alpha value is -0.120. The van der Waals surface area contributed by atoms with Crippen LogP contribution in [-0.4, -0.2) is 32.5 Å². The van der Waals surface area contributed by atoms with Crippen molar-refractivity contribution in [2.45, 2.75) is 123 Å². The van der Waals surface area contributed by atoms with Crippen molar-refractivity contribution >= 4 is 0 Å². The zero-order chi connectivity index (χ0) is 19.1. The smallest absolute Gasteiger partial charge is 0.0930 e. The van der Waals surface area contributed by atoms with Crippen molar-refractivity contribution in [3.63, 3.8) is 0 Å². The van der Waals surface area contributed by atoms with Crippen LogP contribution in [0.5, 0.6) is 0 Å². The predicted octanol–water partition coefficient (Wildman–Crippen LogP) is 6.63. The lowest BCUT2D eigenvalue weighted by molar-refractivity contribution is -0.0136. The van der Waals surface area contributed by atoms with Gasteiger partial charge in [-0.25, -0.2) is 0 Å². The van der Waals surface area contributed by atoms with Crippen LogP contribution in [0.15, 0.2) is 0 Å². The third-order valence-electron chi connectivity index (χ3n) is 5.06. The Morgan fingerprint density at radius 3 is 1.46 bits per heavy atom. The van der Waals surface area contributed by atoms with E-state index in [-0.39, 0.29) is 6.10 Å². The van der Waals surface area contributed by atoms with Crippen LogP contribution in [0.2, 0.25) is 0 Å². The number of rotatable bonds is 22. The molecule has 0 aliphatic carbocycles. The summed E-state index contributed by atoms with van der Waals surface area (Å²) in [6.07, 6.45) is 21.5. The molecule has 1 unspecified atom stereocenters. The molecule has 0 saturated heterocycles. The molecule has 3 heteroatoms. The highest BCUT2D eigenvalue weighted by Gasteiger charge is 2.06. The molecule has 0 radical (unpaired) electrons. The van der Waals surface area contributed by atoms with Crippen molar-refractivity contribution in [2.75, 3.05) is 26.4 Å². The summed E-state index contributed by atoms with van der Waals surface area (Å²) in [6, 6.07) is 0. The van der Waals surface area contributed by atoms with E-state index in [0.29, 0.717) is 13.2 Å². The third-order valence-corrected chi connectivity index (χ3v) is 5.06. The van der Waals surface area contributed by atoms with E-state index >= 15 is 0 Å². The van der Waals surface area contributed by atoms with E-state index in [9.17, 15) is 0 Å². The van der Waals surface area contributed by atoms with Gasteiger partial charge >= 0.3 is 0 Å². The van der Waals surface area contributed by atoms with Gasteiger partial charge in [0.05, 0.1) is 12.7 Å². The predicted molar refractivity (Wildman–Crippen MR) is 115 cm³/mol. The summed E-state index contributed by atoms with van der Waals surface area (Å²) < 4.78 is 11.6. The van der Waals surface area contributed by atoms with Crippen LogP contribution < -0.4 is 5.73 Å². The van der Waals surface area contributed by atoms with E-state index in [1.807, 2.05) is 0 Å². The zero-order valence-corrected chi connectivity index (χ0v) is 18.1. The second-order valence-corrected chi connectivity index (χ2v) is 7.75. The van der Waals surface area contributed by atoms with Crippen LogP contribution in [0.25, 0.3) is 0 Å². The average Bonchev–Trinajstić information content (AvgIpc) is 2.66. The molecular weight excluding hydrogens is 322 g/mol. The van der Waals surface area contributed by atoms with Gasteiger partial charge in [0.25, 0.3) is 0 Å². The van der Waals surface area contributed by atoms with Crippen LogP contribution in [0.1, 0.15) is 117 Å². The van der Waals surface area contributed by atoms with Crippen LogP contribution in [0.4, 0.5) is 0 Å².